The lowest BCUT2D eigenvalue weighted by atomic mass is 9.81. The topological polar surface area (TPSA) is 71.1 Å². The van der Waals surface area contributed by atoms with Crippen molar-refractivity contribution in [1.29, 1.82) is 0 Å². The number of rotatable bonds is 4. The van der Waals surface area contributed by atoms with E-state index in [2.05, 4.69) is 5.32 Å². The average molecular weight is 395 g/mol. The van der Waals surface area contributed by atoms with Crippen LogP contribution in [0.5, 0.6) is 11.5 Å². The number of fused-ring (bicyclic) bond motifs is 2. The van der Waals surface area contributed by atoms with E-state index in [0.717, 1.165) is 11.3 Å². The van der Waals surface area contributed by atoms with Crippen LogP contribution in [0, 0.1) is 0 Å². The summed E-state index contributed by atoms with van der Waals surface area (Å²) >= 11 is 0. The predicted molar refractivity (Wildman–Crippen MR) is 111 cm³/mol. The lowest BCUT2D eigenvalue weighted by molar-refractivity contribution is -0.122. The first-order valence-corrected chi connectivity index (χ1v) is 9.74. The summed E-state index contributed by atoms with van der Waals surface area (Å²) < 4.78 is 11.0. The zero-order chi connectivity index (χ0) is 20.6. The number of methoxy groups -OCH3 is 1. The van der Waals surface area contributed by atoms with Crippen molar-refractivity contribution in [1.82, 2.24) is 4.90 Å². The zero-order valence-corrected chi connectivity index (χ0v) is 16.9. The minimum atomic E-state index is -0.727. The van der Waals surface area contributed by atoms with E-state index in [4.69, 9.17) is 9.47 Å². The molecule has 0 aliphatic carbocycles. The Morgan fingerprint density at radius 1 is 1.24 bits per heavy atom. The van der Waals surface area contributed by atoms with Gasteiger partial charge in [-0.25, -0.2) is 4.79 Å². The summed E-state index contributed by atoms with van der Waals surface area (Å²) in [6, 6.07) is 12.8. The van der Waals surface area contributed by atoms with E-state index in [1.165, 1.54) is 0 Å². The summed E-state index contributed by atoms with van der Waals surface area (Å²) in [6.07, 6.45) is 0.580. The summed E-state index contributed by atoms with van der Waals surface area (Å²) in [4.78, 5) is 29.5. The molecule has 0 saturated carbocycles. The first-order valence-electron chi connectivity index (χ1n) is 9.74. The van der Waals surface area contributed by atoms with Gasteiger partial charge in [-0.1, -0.05) is 12.1 Å². The highest BCUT2D eigenvalue weighted by molar-refractivity contribution is 6.09. The molecular formula is C22H25N3O4. The third-order valence-electron chi connectivity index (χ3n) is 5.78. The summed E-state index contributed by atoms with van der Waals surface area (Å²) in [6.45, 7) is 3.24. The van der Waals surface area contributed by atoms with Crippen molar-refractivity contribution in [3.05, 3.63) is 48.0 Å². The molecule has 7 nitrogen and oxygen atoms in total. The second-order valence-corrected chi connectivity index (χ2v) is 7.36. The molecule has 0 radical (unpaired) electrons. The van der Waals surface area contributed by atoms with Crippen LogP contribution in [0.4, 0.5) is 16.2 Å². The highest BCUT2D eigenvalue weighted by atomic mass is 16.5. The Morgan fingerprint density at radius 2 is 2.03 bits per heavy atom. The van der Waals surface area contributed by atoms with Gasteiger partial charge in [0.15, 0.2) is 0 Å². The van der Waals surface area contributed by atoms with E-state index in [1.54, 1.807) is 24.0 Å². The van der Waals surface area contributed by atoms with E-state index < -0.39 is 5.41 Å². The molecule has 152 valence electrons. The maximum atomic E-state index is 13.2. The fourth-order valence-corrected chi connectivity index (χ4v) is 4.29. The van der Waals surface area contributed by atoms with E-state index in [0.29, 0.717) is 43.3 Å². The van der Waals surface area contributed by atoms with Crippen molar-refractivity contribution in [2.24, 2.45) is 0 Å². The number of likely N-dealkylation sites (tertiary alicyclic amines) is 1. The predicted octanol–water partition coefficient (Wildman–Crippen LogP) is 3.25. The number of carbonyl (C=O) groups is 2. The number of nitrogens with zero attached hydrogens (tertiary/aromatic N) is 2. The largest absolute Gasteiger partial charge is 0.497 e. The molecule has 1 atom stereocenters. The molecule has 2 aliphatic rings. The smallest absolute Gasteiger partial charge is 0.321 e. The number of amides is 3. The lowest BCUT2D eigenvalue weighted by Crippen LogP contribution is -2.43. The van der Waals surface area contributed by atoms with Crippen LogP contribution in [0.1, 0.15) is 18.9 Å². The molecule has 2 aromatic carbocycles. The highest BCUT2D eigenvalue weighted by Crippen LogP contribution is 2.48. The van der Waals surface area contributed by atoms with Crippen molar-refractivity contribution in [2.75, 3.05) is 44.1 Å². The molecule has 2 aromatic rings. The zero-order valence-electron chi connectivity index (χ0n) is 16.9. The van der Waals surface area contributed by atoms with Crippen molar-refractivity contribution in [2.45, 2.75) is 18.8 Å². The van der Waals surface area contributed by atoms with Gasteiger partial charge in [-0.15, -0.1) is 0 Å². The molecule has 1 saturated heterocycles. The second kappa shape index (κ2) is 7.31. The van der Waals surface area contributed by atoms with Crippen molar-refractivity contribution >= 4 is 23.3 Å². The SMILES string of the molecule is CCOc1ccccc1NC(=O)N1CC[C@@]2(C1)C(=O)N(C)c1ccc(OC)cc12. The summed E-state index contributed by atoms with van der Waals surface area (Å²) in [7, 11) is 3.39. The van der Waals surface area contributed by atoms with Crippen LogP contribution >= 0.6 is 0 Å². The Kier molecular flexibility index (Phi) is 4.82. The number of nitrogens with one attached hydrogen (secondary N) is 1. The summed E-state index contributed by atoms with van der Waals surface area (Å²) in [5.74, 6) is 1.36. The molecule has 4 rings (SSSR count). The van der Waals surface area contributed by atoms with E-state index in [1.807, 2.05) is 49.4 Å². The molecule has 2 aliphatic heterocycles. The Bertz CT molecular complexity index is 961. The van der Waals surface area contributed by atoms with Gasteiger partial charge in [-0.3, -0.25) is 4.79 Å². The first kappa shape index (κ1) is 19.1. The van der Waals surface area contributed by atoms with Crippen LogP contribution in [0.2, 0.25) is 0 Å². The van der Waals surface area contributed by atoms with Gasteiger partial charge in [0.25, 0.3) is 0 Å². The molecule has 2 heterocycles. The molecule has 1 N–H and O–H groups in total. The lowest BCUT2D eigenvalue weighted by Gasteiger charge is -2.24. The normalized spacial score (nSPS) is 20.2. The quantitative estimate of drug-likeness (QED) is 0.863. The van der Waals surface area contributed by atoms with Gasteiger partial charge in [0.1, 0.15) is 11.5 Å². The Balaban J connectivity index is 1.58. The van der Waals surface area contributed by atoms with Crippen LogP contribution in [0.25, 0.3) is 0 Å². The number of anilines is 2. The van der Waals surface area contributed by atoms with Gasteiger partial charge < -0.3 is 24.6 Å². The summed E-state index contributed by atoms with van der Waals surface area (Å²) in [5.41, 5.74) is 1.70. The van der Waals surface area contributed by atoms with Gasteiger partial charge in [0, 0.05) is 25.8 Å². The standard InChI is InChI=1S/C22H25N3O4/c1-4-29-19-8-6-5-7-17(19)23-21(27)25-12-11-22(14-25)16-13-15(28-3)9-10-18(16)24(2)20(22)26/h5-10,13H,4,11-12,14H2,1-3H3,(H,23,27)/t22-/m0/s1. The molecule has 29 heavy (non-hydrogen) atoms. The maximum Gasteiger partial charge on any atom is 0.321 e. The Labute approximate surface area is 170 Å². The molecule has 0 unspecified atom stereocenters. The van der Waals surface area contributed by atoms with Crippen LogP contribution in [-0.4, -0.2) is 50.7 Å². The van der Waals surface area contributed by atoms with Gasteiger partial charge in [-0.2, -0.15) is 0 Å². The maximum absolute atomic E-state index is 13.2. The number of carbonyl (C=O) groups excluding carboxylic acids is 2. The Hall–Kier alpha value is -3.22. The number of likely N-dealkylation sites (N-methyl/N-ethyl adjacent to an activating group) is 1. The van der Waals surface area contributed by atoms with Gasteiger partial charge in [-0.05, 0) is 49.2 Å². The number of hydrogen-bond acceptors (Lipinski definition) is 4. The van der Waals surface area contributed by atoms with Crippen LogP contribution < -0.4 is 19.7 Å². The number of ether oxygens (including phenoxy) is 2. The summed E-state index contributed by atoms with van der Waals surface area (Å²) in [5, 5.41) is 2.93. The third kappa shape index (κ3) is 3.06. The number of benzene rings is 2. The van der Waals surface area contributed by atoms with Crippen molar-refractivity contribution in [3.8, 4) is 11.5 Å². The van der Waals surface area contributed by atoms with E-state index in [9.17, 15) is 9.59 Å². The van der Waals surface area contributed by atoms with Crippen molar-refractivity contribution < 1.29 is 19.1 Å². The molecule has 0 bridgehead atoms. The highest BCUT2D eigenvalue weighted by Gasteiger charge is 2.54. The molecule has 1 fully saturated rings. The average Bonchev–Trinajstić information content (AvgIpc) is 3.27. The molecule has 0 aromatic heterocycles. The Morgan fingerprint density at radius 3 is 2.79 bits per heavy atom. The number of urea groups is 1. The second-order valence-electron chi connectivity index (χ2n) is 7.36. The van der Waals surface area contributed by atoms with Crippen LogP contribution in [0.15, 0.2) is 42.5 Å². The molecule has 1 spiro atoms. The third-order valence-corrected chi connectivity index (χ3v) is 5.78. The fraction of sp³-hybridized carbons (Fsp3) is 0.364. The monoisotopic (exact) mass is 395 g/mol. The number of hydrogen-bond donors (Lipinski definition) is 1. The van der Waals surface area contributed by atoms with E-state index in [-0.39, 0.29) is 11.9 Å². The van der Waals surface area contributed by atoms with Gasteiger partial charge >= 0.3 is 6.03 Å². The van der Waals surface area contributed by atoms with Gasteiger partial charge in [0.05, 0.1) is 24.8 Å². The first-order chi connectivity index (χ1) is 14.0. The van der Waals surface area contributed by atoms with Crippen LogP contribution in [-0.2, 0) is 10.2 Å². The molecular weight excluding hydrogens is 370 g/mol. The minimum Gasteiger partial charge on any atom is -0.497 e. The van der Waals surface area contributed by atoms with Crippen molar-refractivity contribution in [3.63, 3.8) is 0 Å². The molecule has 3 amide bonds. The van der Waals surface area contributed by atoms with E-state index >= 15 is 0 Å². The number of para-hydroxylation sites is 2. The van der Waals surface area contributed by atoms with Gasteiger partial charge in [0.2, 0.25) is 5.91 Å². The fourth-order valence-electron chi connectivity index (χ4n) is 4.29. The minimum absolute atomic E-state index is 0.0192. The molecule has 7 heteroatoms. The van der Waals surface area contributed by atoms with Crippen LogP contribution in [0.3, 0.4) is 0 Å².